The van der Waals surface area contributed by atoms with Crippen LogP contribution in [0.15, 0.2) is 41.3 Å². The third-order valence-corrected chi connectivity index (χ3v) is 7.20. The van der Waals surface area contributed by atoms with Crippen LogP contribution in [0.1, 0.15) is 28.7 Å². The predicted molar refractivity (Wildman–Crippen MR) is 128 cm³/mol. The number of hydrogen-bond donors (Lipinski definition) is 1. The number of benzene rings is 2. The van der Waals surface area contributed by atoms with Gasteiger partial charge in [0.05, 0.1) is 4.90 Å². The van der Waals surface area contributed by atoms with Crippen LogP contribution in [0.3, 0.4) is 0 Å². The van der Waals surface area contributed by atoms with Crippen molar-refractivity contribution in [1.82, 2.24) is 9.80 Å². The van der Waals surface area contributed by atoms with E-state index in [2.05, 4.69) is 48.0 Å². The first kappa shape index (κ1) is 22.7. The van der Waals surface area contributed by atoms with Crippen LogP contribution in [0, 0.1) is 20.8 Å². The summed E-state index contributed by atoms with van der Waals surface area (Å²) < 4.78 is 23.3. The average Bonchev–Trinajstić information content (AvgIpc) is 2.91. The molecule has 30 heavy (non-hydrogen) atoms. The van der Waals surface area contributed by atoms with Crippen molar-refractivity contribution in [3.8, 4) is 0 Å². The second-order valence-electron chi connectivity index (χ2n) is 8.21. The number of nitrogens with zero attached hydrogens (tertiary/aromatic N) is 2. The Balaban J connectivity index is 1.58. The summed E-state index contributed by atoms with van der Waals surface area (Å²) in [4.78, 5) is 5.02. The molecule has 0 radical (unpaired) electrons. The quantitative estimate of drug-likeness (QED) is 0.720. The second kappa shape index (κ2) is 9.45. The molecule has 1 heterocycles. The third-order valence-electron chi connectivity index (χ3n) is 5.72. The number of thiocarbonyl (C=S) groups is 1. The molecule has 0 amide bonds. The Morgan fingerprint density at radius 2 is 1.63 bits per heavy atom. The molecule has 0 saturated carbocycles. The SMILES string of the molecule is Cc1cc(C)c(NC(=S)N2CCCN(Cc3ccc(S(C)(=O)=O)cc3)CC2)cc1C. The van der Waals surface area contributed by atoms with Crippen LogP contribution in [0.4, 0.5) is 5.69 Å². The molecule has 162 valence electrons. The average molecular weight is 446 g/mol. The van der Waals surface area contributed by atoms with E-state index in [-0.39, 0.29) is 0 Å². The number of nitrogens with one attached hydrogen (secondary N) is 1. The zero-order valence-corrected chi connectivity index (χ0v) is 19.9. The van der Waals surface area contributed by atoms with Crippen molar-refractivity contribution in [2.24, 2.45) is 0 Å². The van der Waals surface area contributed by atoms with Crippen LogP contribution >= 0.6 is 12.2 Å². The van der Waals surface area contributed by atoms with E-state index in [0.29, 0.717) is 4.90 Å². The number of aryl methyl sites for hydroxylation is 3. The summed E-state index contributed by atoms with van der Waals surface area (Å²) in [5.41, 5.74) is 5.96. The summed E-state index contributed by atoms with van der Waals surface area (Å²) in [5.74, 6) is 0. The Morgan fingerprint density at radius 1 is 0.967 bits per heavy atom. The van der Waals surface area contributed by atoms with Crippen LogP contribution in [-0.2, 0) is 16.4 Å². The van der Waals surface area contributed by atoms with Gasteiger partial charge in [0, 0.05) is 44.7 Å². The minimum atomic E-state index is -3.15. The van der Waals surface area contributed by atoms with Crippen molar-refractivity contribution in [1.29, 1.82) is 0 Å². The van der Waals surface area contributed by atoms with Crippen LogP contribution in [-0.4, -0.2) is 55.8 Å². The number of rotatable bonds is 4. The number of sulfone groups is 1. The summed E-state index contributed by atoms with van der Waals surface area (Å²) in [6.07, 6.45) is 2.27. The molecule has 0 bridgehead atoms. The van der Waals surface area contributed by atoms with Gasteiger partial charge in [0.2, 0.25) is 0 Å². The summed E-state index contributed by atoms with van der Waals surface area (Å²) in [6, 6.07) is 11.6. The minimum Gasteiger partial charge on any atom is -0.348 e. The first-order chi connectivity index (χ1) is 14.1. The van der Waals surface area contributed by atoms with Gasteiger partial charge in [-0.3, -0.25) is 4.90 Å². The molecule has 0 unspecified atom stereocenters. The van der Waals surface area contributed by atoms with Gasteiger partial charge >= 0.3 is 0 Å². The maximum Gasteiger partial charge on any atom is 0.175 e. The first-order valence-electron chi connectivity index (χ1n) is 10.3. The molecule has 0 aliphatic carbocycles. The monoisotopic (exact) mass is 445 g/mol. The fraction of sp³-hybridized carbons (Fsp3) is 0.435. The van der Waals surface area contributed by atoms with Crippen molar-refractivity contribution in [2.45, 2.75) is 38.6 Å². The van der Waals surface area contributed by atoms with Crippen LogP contribution in [0.2, 0.25) is 0 Å². The molecule has 0 spiro atoms. The highest BCUT2D eigenvalue weighted by atomic mass is 32.2. The summed E-state index contributed by atoms with van der Waals surface area (Å²) in [7, 11) is -3.15. The van der Waals surface area contributed by atoms with Gasteiger partial charge < -0.3 is 10.2 Å². The molecule has 1 aliphatic heterocycles. The molecule has 2 aromatic carbocycles. The summed E-state index contributed by atoms with van der Waals surface area (Å²) in [5, 5.41) is 4.22. The lowest BCUT2D eigenvalue weighted by atomic mass is 10.1. The molecule has 0 atom stereocenters. The molecule has 1 aliphatic rings. The van der Waals surface area contributed by atoms with E-state index < -0.39 is 9.84 Å². The zero-order chi connectivity index (χ0) is 21.9. The van der Waals surface area contributed by atoms with Gasteiger partial charge in [0.15, 0.2) is 14.9 Å². The highest BCUT2D eigenvalue weighted by molar-refractivity contribution is 7.90. The van der Waals surface area contributed by atoms with E-state index >= 15 is 0 Å². The van der Waals surface area contributed by atoms with Crippen molar-refractivity contribution >= 4 is 32.9 Å². The van der Waals surface area contributed by atoms with Crippen LogP contribution in [0.25, 0.3) is 0 Å². The topological polar surface area (TPSA) is 52.6 Å². The fourth-order valence-electron chi connectivity index (χ4n) is 3.72. The third kappa shape index (κ3) is 5.80. The van der Waals surface area contributed by atoms with Crippen LogP contribution < -0.4 is 5.32 Å². The largest absolute Gasteiger partial charge is 0.348 e. The molecule has 5 nitrogen and oxygen atoms in total. The number of hydrogen-bond acceptors (Lipinski definition) is 4. The van der Waals surface area contributed by atoms with E-state index in [1.54, 1.807) is 12.1 Å². The Morgan fingerprint density at radius 3 is 2.30 bits per heavy atom. The van der Waals surface area contributed by atoms with Gasteiger partial charge in [-0.1, -0.05) is 18.2 Å². The van der Waals surface area contributed by atoms with Crippen molar-refractivity contribution in [3.05, 3.63) is 58.7 Å². The van der Waals surface area contributed by atoms with Gasteiger partial charge in [-0.2, -0.15) is 0 Å². The standard InChI is InChI=1S/C23H31N3O2S2/c1-17-14-19(3)22(15-18(17)2)24-23(29)26-11-5-10-25(12-13-26)16-20-6-8-21(9-7-20)30(4,27)28/h6-9,14-15H,5,10-13,16H2,1-4H3,(H,24,29). The Kier molecular flexibility index (Phi) is 7.16. The summed E-state index contributed by atoms with van der Waals surface area (Å²) >= 11 is 5.71. The Labute approximate surface area is 186 Å². The minimum absolute atomic E-state index is 0.367. The maximum absolute atomic E-state index is 11.6. The zero-order valence-electron chi connectivity index (χ0n) is 18.2. The van der Waals surface area contributed by atoms with Gasteiger partial charge in [-0.15, -0.1) is 0 Å². The molecule has 3 rings (SSSR count). The molecule has 1 N–H and O–H groups in total. The highest BCUT2D eigenvalue weighted by Crippen LogP contribution is 2.21. The lowest BCUT2D eigenvalue weighted by Crippen LogP contribution is -2.38. The number of anilines is 1. The van der Waals surface area contributed by atoms with Gasteiger partial charge in [0.1, 0.15) is 0 Å². The van der Waals surface area contributed by atoms with Crippen LogP contribution in [0.5, 0.6) is 0 Å². The van der Waals surface area contributed by atoms with Crippen molar-refractivity contribution in [2.75, 3.05) is 37.8 Å². The van der Waals surface area contributed by atoms with E-state index in [1.807, 2.05) is 12.1 Å². The molecule has 1 saturated heterocycles. The lowest BCUT2D eigenvalue weighted by Gasteiger charge is -2.25. The van der Waals surface area contributed by atoms with E-state index in [9.17, 15) is 8.42 Å². The molecule has 0 aromatic heterocycles. The van der Waals surface area contributed by atoms with Gasteiger partial charge in [0.25, 0.3) is 0 Å². The van der Waals surface area contributed by atoms with Crippen molar-refractivity contribution in [3.63, 3.8) is 0 Å². The van der Waals surface area contributed by atoms with Gasteiger partial charge in [-0.25, -0.2) is 8.42 Å². The van der Waals surface area contributed by atoms with Gasteiger partial charge in [-0.05, 0) is 79.9 Å². The first-order valence-corrected chi connectivity index (χ1v) is 12.6. The second-order valence-corrected chi connectivity index (χ2v) is 10.6. The van der Waals surface area contributed by atoms with Crippen molar-refractivity contribution < 1.29 is 8.42 Å². The molecule has 1 fully saturated rings. The normalized spacial score (nSPS) is 15.7. The fourth-order valence-corrected chi connectivity index (χ4v) is 4.64. The molecule has 7 heteroatoms. The molecular weight excluding hydrogens is 414 g/mol. The smallest absolute Gasteiger partial charge is 0.175 e. The highest BCUT2D eigenvalue weighted by Gasteiger charge is 2.18. The lowest BCUT2D eigenvalue weighted by molar-refractivity contribution is 0.278. The Bertz CT molecular complexity index is 1020. The predicted octanol–water partition coefficient (Wildman–Crippen LogP) is 3.92. The van der Waals surface area contributed by atoms with E-state index in [0.717, 1.165) is 55.5 Å². The van der Waals surface area contributed by atoms with E-state index in [4.69, 9.17) is 12.2 Å². The Hall–Kier alpha value is -1.96. The molecular formula is C23H31N3O2S2. The molecule has 2 aromatic rings. The summed E-state index contributed by atoms with van der Waals surface area (Å²) in [6.45, 7) is 10.9. The van der Waals surface area contributed by atoms with E-state index in [1.165, 1.54) is 22.9 Å². The maximum atomic E-state index is 11.6.